The number of sulfone groups is 1. The van der Waals surface area contributed by atoms with E-state index in [1.807, 2.05) is 4.68 Å². The Balaban J connectivity index is 2.00. The van der Waals surface area contributed by atoms with E-state index in [2.05, 4.69) is 13.8 Å². The number of anilines is 1. The Kier molecular flexibility index (Phi) is 3.76. The van der Waals surface area contributed by atoms with Crippen LogP contribution in [-0.2, 0) is 9.84 Å². The van der Waals surface area contributed by atoms with Crippen molar-refractivity contribution in [3.8, 4) is 0 Å². The van der Waals surface area contributed by atoms with Crippen molar-refractivity contribution in [2.24, 2.45) is 0 Å². The van der Waals surface area contributed by atoms with Crippen molar-refractivity contribution in [3.63, 3.8) is 0 Å². The minimum Gasteiger partial charge on any atom is -0.384 e. The van der Waals surface area contributed by atoms with Gasteiger partial charge >= 0.3 is 0 Å². The molecule has 2 heterocycles. The number of rotatable bonds is 3. The zero-order valence-electron chi connectivity index (χ0n) is 12.9. The molecule has 0 bridgehead atoms. The zero-order valence-corrected chi connectivity index (χ0v) is 13.7. The Morgan fingerprint density at radius 1 is 1.24 bits per heavy atom. The van der Waals surface area contributed by atoms with Crippen LogP contribution in [0.5, 0.6) is 0 Å². The lowest BCUT2D eigenvalue weighted by molar-refractivity contribution is 0.495. The molecule has 2 fully saturated rings. The molecule has 1 aliphatic carbocycles. The van der Waals surface area contributed by atoms with Gasteiger partial charge in [0.1, 0.15) is 5.82 Å². The lowest BCUT2D eigenvalue weighted by atomic mass is 9.94. The number of nitrogen functional groups attached to an aromatic ring is 1. The predicted octanol–water partition coefficient (Wildman–Crippen LogP) is 2.61. The molecule has 0 radical (unpaired) electrons. The van der Waals surface area contributed by atoms with Crippen molar-refractivity contribution in [1.82, 2.24) is 9.78 Å². The summed E-state index contributed by atoms with van der Waals surface area (Å²) in [6, 6.07) is -0.0809. The van der Waals surface area contributed by atoms with Gasteiger partial charge in [0.15, 0.2) is 9.84 Å². The lowest BCUT2D eigenvalue weighted by Gasteiger charge is -2.12. The van der Waals surface area contributed by atoms with Crippen molar-refractivity contribution < 1.29 is 8.42 Å². The molecule has 0 spiro atoms. The van der Waals surface area contributed by atoms with Crippen LogP contribution in [0.2, 0.25) is 0 Å². The van der Waals surface area contributed by atoms with E-state index in [4.69, 9.17) is 10.8 Å². The quantitative estimate of drug-likeness (QED) is 0.930. The smallest absolute Gasteiger partial charge is 0.152 e. The molecule has 3 rings (SSSR count). The maximum atomic E-state index is 11.7. The van der Waals surface area contributed by atoms with E-state index < -0.39 is 9.84 Å². The van der Waals surface area contributed by atoms with Crippen molar-refractivity contribution in [1.29, 1.82) is 0 Å². The molecular formula is C15H25N3O2S. The van der Waals surface area contributed by atoms with Crippen LogP contribution in [0.25, 0.3) is 0 Å². The average Bonchev–Trinajstić information content (AvgIpc) is 3.07. The van der Waals surface area contributed by atoms with Gasteiger partial charge in [-0.15, -0.1) is 0 Å². The summed E-state index contributed by atoms with van der Waals surface area (Å²) in [6.07, 6.45) is 5.51. The highest BCUT2D eigenvalue weighted by molar-refractivity contribution is 7.91. The minimum absolute atomic E-state index is 0.0809. The first-order chi connectivity index (χ1) is 9.89. The van der Waals surface area contributed by atoms with E-state index in [1.165, 1.54) is 25.7 Å². The molecule has 0 amide bonds. The van der Waals surface area contributed by atoms with Crippen LogP contribution in [0.1, 0.15) is 75.1 Å². The van der Waals surface area contributed by atoms with Gasteiger partial charge < -0.3 is 5.73 Å². The van der Waals surface area contributed by atoms with Gasteiger partial charge in [0.2, 0.25) is 0 Å². The molecule has 1 aromatic heterocycles. The Morgan fingerprint density at radius 3 is 2.43 bits per heavy atom. The van der Waals surface area contributed by atoms with Crippen LogP contribution < -0.4 is 5.73 Å². The summed E-state index contributed by atoms with van der Waals surface area (Å²) in [5, 5.41) is 4.79. The van der Waals surface area contributed by atoms with Crippen LogP contribution in [0.15, 0.2) is 0 Å². The van der Waals surface area contributed by atoms with Gasteiger partial charge in [0.25, 0.3) is 0 Å². The Labute approximate surface area is 126 Å². The van der Waals surface area contributed by atoms with Gasteiger partial charge in [-0.25, -0.2) is 13.1 Å². The summed E-state index contributed by atoms with van der Waals surface area (Å²) < 4.78 is 25.3. The molecule has 21 heavy (non-hydrogen) atoms. The van der Waals surface area contributed by atoms with Crippen molar-refractivity contribution in [3.05, 3.63) is 11.3 Å². The molecule has 1 aliphatic heterocycles. The molecule has 0 aromatic carbocycles. The Bertz CT molecular complexity index is 628. The topological polar surface area (TPSA) is 78.0 Å². The third-order valence-corrected chi connectivity index (χ3v) is 6.64. The molecule has 1 atom stereocenters. The summed E-state index contributed by atoms with van der Waals surface area (Å²) in [4.78, 5) is 0. The SMILES string of the molecule is CC(C)c1c(C2CCCC2)nn(C2CCS(=O)(=O)C2)c1N. The molecule has 1 saturated carbocycles. The molecule has 6 heteroatoms. The van der Waals surface area contributed by atoms with Crippen molar-refractivity contribution in [2.45, 2.75) is 63.8 Å². The molecule has 2 N–H and O–H groups in total. The zero-order chi connectivity index (χ0) is 15.2. The second-order valence-electron chi connectivity index (χ2n) is 6.82. The van der Waals surface area contributed by atoms with E-state index in [9.17, 15) is 8.42 Å². The molecule has 1 saturated heterocycles. The van der Waals surface area contributed by atoms with E-state index in [0.717, 1.165) is 11.3 Å². The van der Waals surface area contributed by atoms with Crippen LogP contribution in [0.4, 0.5) is 5.82 Å². The minimum atomic E-state index is -2.92. The summed E-state index contributed by atoms with van der Waals surface area (Å²) in [5.41, 5.74) is 8.62. The fourth-order valence-electron chi connectivity index (χ4n) is 3.82. The Morgan fingerprint density at radius 2 is 1.90 bits per heavy atom. The first kappa shape index (κ1) is 14.9. The van der Waals surface area contributed by atoms with Gasteiger partial charge in [0.05, 0.1) is 23.2 Å². The molecule has 1 unspecified atom stereocenters. The first-order valence-electron chi connectivity index (χ1n) is 7.97. The summed E-state index contributed by atoms with van der Waals surface area (Å²) in [6.45, 7) is 4.28. The molecule has 118 valence electrons. The number of aromatic nitrogens is 2. The average molecular weight is 311 g/mol. The summed E-state index contributed by atoms with van der Waals surface area (Å²) in [7, 11) is -2.92. The number of nitrogens with zero attached hydrogens (tertiary/aromatic N) is 2. The molecular weight excluding hydrogens is 286 g/mol. The second kappa shape index (κ2) is 5.30. The van der Waals surface area contributed by atoms with Gasteiger partial charge in [0, 0.05) is 11.5 Å². The van der Waals surface area contributed by atoms with E-state index in [0.29, 0.717) is 24.1 Å². The van der Waals surface area contributed by atoms with Crippen molar-refractivity contribution >= 4 is 15.7 Å². The van der Waals surface area contributed by atoms with Crippen molar-refractivity contribution in [2.75, 3.05) is 17.2 Å². The van der Waals surface area contributed by atoms with Gasteiger partial charge in [-0.2, -0.15) is 5.10 Å². The third kappa shape index (κ3) is 2.70. The monoisotopic (exact) mass is 311 g/mol. The highest BCUT2D eigenvalue weighted by atomic mass is 32.2. The summed E-state index contributed by atoms with van der Waals surface area (Å²) in [5.74, 6) is 1.96. The van der Waals surface area contributed by atoms with Gasteiger partial charge in [-0.1, -0.05) is 26.7 Å². The summed E-state index contributed by atoms with van der Waals surface area (Å²) >= 11 is 0. The third-order valence-electron chi connectivity index (χ3n) is 4.89. The fourth-order valence-corrected chi connectivity index (χ4v) is 5.51. The molecule has 2 aliphatic rings. The molecule has 1 aromatic rings. The van der Waals surface area contributed by atoms with Crippen LogP contribution in [0, 0.1) is 0 Å². The van der Waals surface area contributed by atoms with E-state index in [-0.39, 0.29) is 17.5 Å². The largest absolute Gasteiger partial charge is 0.384 e. The Hall–Kier alpha value is -1.04. The van der Waals surface area contributed by atoms with Crippen LogP contribution in [0.3, 0.4) is 0 Å². The number of hydrogen-bond donors (Lipinski definition) is 1. The van der Waals surface area contributed by atoms with Crippen LogP contribution >= 0.6 is 0 Å². The van der Waals surface area contributed by atoms with Gasteiger partial charge in [-0.3, -0.25) is 0 Å². The van der Waals surface area contributed by atoms with E-state index >= 15 is 0 Å². The van der Waals surface area contributed by atoms with Crippen LogP contribution in [-0.4, -0.2) is 29.7 Å². The predicted molar refractivity (Wildman–Crippen MR) is 84.2 cm³/mol. The standard InChI is InChI=1S/C15H25N3O2S/c1-10(2)13-14(11-5-3-4-6-11)17-18(15(13)16)12-7-8-21(19,20)9-12/h10-12H,3-9,16H2,1-2H3. The highest BCUT2D eigenvalue weighted by Crippen LogP contribution is 2.41. The first-order valence-corrected chi connectivity index (χ1v) is 9.79. The van der Waals surface area contributed by atoms with E-state index in [1.54, 1.807) is 0 Å². The fraction of sp³-hybridized carbons (Fsp3) is 0.800. The normalized spacial score (nSPS) is 26.0. The van der Waals surface area contributed by atoms with Gasteiger partial charge in [-0.05, 0) is 25.2 Å². The molecule has 5 nitrogen and oxygen atoms in total. The maximum Gasteiger partial charge on any atom is 0.152 e. The second-order valence-corrected chi connectivity index (χ2v) is 9.05. The maximum absolute atomic E-state index is 11.7. The number of nitrogens with two attached hydrogens (primary N) is 1. The number of hydrogen-bond acceptors (Lipinski definition) is 4. The lowest BCUT2D eigenvalue weighted by Crippen LogP contribution is -2.15. The highest BCUT2D eigenvalue weighted by Gasteiger charge is 2.34.